The van der Waals surface area contributed by atoms with E-state index < -0.39 is 4.92 Å². The van der Waals surface area contributed by atoms with E-state index in [0.717, 1.165) is 0 Å². The van der Waals surface area contributed by atoms with Crippen LogP contribution in [0.2, 0.25) is 0 Å². The lowest BCUT2D eigenvalue weighted by atomic mass is 10.2. The van der Waals surface area contributed by atoms with Gasteiger partial charge in [0.25, 0.3) is 5.69 Å². The van der Waals surface area contributed by atoms with Crippen LogP contribution in [0.1, 0.15) is 19.1 Å². The molecular formula is C15H13N3O4. The van der Waals surface area contributed by atoms with Gasteiger partial charge in [-0.3, -0.25) is 14.9 Å². The van der Waals surface area contributed by atoms with E-state index in [9.17, 15) is 14.9 Å². The van der Waals surface area contributed by atoms with Crippen molar-refractivity contribution in [2.24, 2.45) is 4.99 Å². The van der Waals surface area contributed by atoms with Gasteiger partial charge in [0.05, 0.1) is 34.7 Å². The lowest BCUT2D eigenvalue weighted by Crippen LogP contribution is -2.31. The predicted molar refractivity (Wildman–Crippen MR) is 80.6 cm³/mol. The molecule has 0 N–H and O–H groups in total. The lowest BCUT2D eigenvalue weighted by Gasteiger charge is -2.20. The van der Waals surface area contributed by atoms with Crippen LogP contribution >= 0.6 is 0 Å². The number of nitro groups is 1. The second-order valence-electron chi connectivity index (χ2n) is 4.78. The molecule has 1 aliphatic rings. The first-order chi connectivity index (χ1) is 10.6. The van der Waals surface area contributed by atoms with Gasteiger partial charge in [0.2, 0.25) is 5.91 Å². The Kier molecular flexibility index (Phi) is 3.46. The Labute approximate surface area is 126 Å². The zero-order valence-corrected chi connectivity index (χ0v) is 11.9. The van der Waals surface area contributed by atoms with Crippen molar-refractivity contribution in [2.75, 3.05) is 11.4 Å². The molecule has 0 saturated heterocycles. The highest BCUT2D eigenvalue weighted by Crippen LogP contribution is 2.35. The molecule has 7 nitrogen and oxygen atoms in total. The van der Waals surface area contributed by atoms with Crippen LogP contribution < -0.4 is 4.90 Å². The molecule has 112 valence electrons. The minimum atomic E-state index is -0.481. The molecule has 1 aliphatic heterocycles. The molecule has 1 aromatic heterocycles. The van der Waals surface area contributed by atoms with E-state index in [1.54, 1.807) is 23.1 Å². The molecule has 0 bridgehead atoms. The van der Waals surface area contributed by atoms with Crippen LogP contribution in [0.3, 0.4) is 0 Å². The lowest BCUT2D eigenvalue weighted by molar-refractivity contribution is -0.384. The highest BCUT2D eigenvalue weighted by atomic mass is 16.6. The molecule has 1 amide bonds. The highest BCUT2D eigenvalue weighted by Gasteiger charge is 2.26. The molecule has 0 spiro atoms. The van der Waals surface area contributed by atoms with Crippen molar-refractivity contribution in [2.45, 2.75) is 13.3 Å². The van der Waals surface area contributed by atoms with E-state index in [0.29, 0.717) is 29.4 Å². The molecule has 0 atom stereocenters. The standard InChI is InChI=1S/C15H13N3O4/c1-2-17-13-6-5-10(18(20)21)8-11(13)16-12(9-15(17)19)14-4-3-7-22-14/h3-8H,2,9H2,1H3. The number of carbonyl (C=O) groups excluding carboxylic acids is 1. The topological polar surface area (TPSA) is 89.0 Å². The van der Waals surface area contributed by atoms with Gasteiger partial charge < -0.3 is 9.32 Å². The maximum absolute atomic E-state index is 12.4. The number of amides is 1. The van der Waals surface area contributed by atoms with Crippen LogP contribution in [-0.4, -0.2) is 23.1 Å². The first kappa shape index (κ1) is 14.0. The molecular weight excluding hydrogens is 286 g/mol. The maximum Gasteiger partial charge on any atom is 0.271 e. The fourth-order valence-electron chi connectivity index (χ4n) is 2.43. The van der Waals surface area contributed by atoms with Gasteiger partial charge in [-0.05, 0) is 25.1 Å². The van der Waals surface area contributed by atoms with Crippen molar-refractivity contribution in [3.63, 3.8) is 0 Å². The molecule has 0 radical (unpaired) electrons. The second kappa shape index (κ2) is 5.44. The fourth-order valence-corrected chi connectivity index (χ4v) is 2.43. The van der Waals surface area contributed by atoms with Crippen LogP contribution in [0.4, 0.5) is 17.1 Å². The molecule has 2 aromatic rings. The first-order valence-electron chi connectivity index (χ1n) is 6.80. The summed E-state index contributed by atoms with van der Waals surface area (Å²) < 4.78 is 5.30. The van der Waals surface area contributed by atoms with E-state index in [1.807, 2.05) is 6.92 Å². The van der Waals surface area contributed by atoms with Crippen molar-refractivity contribution in [1.29, 1.82) is 0 Å². The molecule has 0 aliphatic carbocycles. The van der Waals surface area contributed by atoms with Crippen molar-refractivity contribution >= 4 is 28.7 Å². The Hall–Kier alpha value is -2.96. The Morgan fingerprint density at radius 3 is 2.86 bits per heavy atom. The summed E-state index contributed by atoms with van der Waals surface area (Å²) in [6.45, 7) is 2.31. The first-order valence-corrected chi connectivity index (χ1v) is 6.80. The molecule has 3 rings (SSSR count). The zero-order chi connectivity index (χ0) is 15.7. The maximum atomic E-state index is 12.4. The van der Waals surface area contributed by atoms with E-state index in [1.165, 1.54) is 18.4 Å². The Bertz CT molecular complexity index is 765. The summed E-state index contributed by atoms with van der Waals surface area (Å²) in [6.07, 6.45) is 1.59. The molecule has 0 fully saturated rings. The average Bonchev–Trinajstić information content (AvgIpc) is 2.98. The average molecular weight is 299 g/mol. The predicted octanol–water partition coefficient (Wildman–Crippen LogP) is 3.07. The van der Waals surface area contributed by atoms with Gasteiger partial charge in [0.1, 0.15) is 5.76 Å². The van der Waals surface area contributed by atoms with Crippen LogP contribution in [0.25, 0.3) is 0 Å². The number of rotatable bonds is 3. The number of benzene rings is 1. The SMILES string of the molecule is CCN1C(=O)CC(c2ccco2)=Nc2cc([N+](=O)[O-])ccc21. The summed E-state index contributed by atoms with van der Waals surface area (Å²) in [5.74, 6) is 0.369. The second-order valence-corrected chi connectivity index (χ2v) is 4.78. The monoisotopic (exact) mass is 299 g/mol. The van der Waals surface area contributed by atoms with Gasteiger partial charge in [-0.2, -0.15) is 0 Å². The largest absolute Gasteiger partial charge is 0.463 e. The minimum absolute atomic E-state index is 0.0632. The highest BCUT2D eigenvalue weighted by molar-refractivity contribution is 6.16. The molecule has 0 unspecified atom stereocenters. The van der Waals surface area contributed by atoms with Gasteiger partial charge in [0, 0.05) is 18.7 Å². The van der Waals surface area contributed by atoms with Crippen molar-refractivity contribution < 1.29 is 14.1 Å². The Balaban J connectivity index is 2.17. The molecule has 2 heterocycles. The Morgan fingerprint density at radius 2 is 2.23 bits per heavy atom. The summed E-state index contributed by atoms with van der Waals surface area (Å²) in [5.41, 5.74) is 1.37. The number of hydrogen-bond donors (Lipinski definition) is 0. The molecule has 0 saturated carbocycles. The third-order valence-electron chi connectivity index (χ3n) is 3.46. The number of anilines is 1. The number of fused-ring (bicyclic) bond motifs is 1. The number of hydrogen-bond acceptors (Lipinski definition) is 5. The third-order valence-corrected chi connectivity index (χ3v) is 3.46. The van der Waals surface area contributed by atoms with Gasteiger partial charge in [-0.15, -0.1) is 0 Å². The van der Waals surface area contributed by atoms with Gasteiger partial charge in [0.15, 0.2) is 0 Å². The number of non-ortho nitro benzene ring substituents is 1. The number of nitrogens with zero attached hydrogens (tertiary/aromatic N) is 3. The minimum Gasteiger partial charge on any atom is -0.463 e. The van der Waals surface area contributed by atoms with E-state index in [4.69, 9.17) is 4.42 Å². The summed E-state index contributed by atoms with van der Waals surface area (Å²) in [5, 5.41) is 11.0. The van der Waals surface area contributed by atoms with Crippen LogP contribution in [0, 0.1) is 10.1 Å². The normalized spacial score (nSPS) is 14.3. The van der Waals surface area contributed by atoms with Gasteiger partial charge in [-0.25, -0.2) is 4.99 Å². The summed E-state index contributed by atoms with van der Waals surface area (Å²) in [7, 11) is 0. The summed E-state index contributed by atoms with van der Waals surface area (Å²) in [4.78, 5) is 28.9. The Morgan fingerprint density at radius 1 is 1.41 bits per heavy atom. The zero-order valence-electron chi connectivity index (χ0n) is 11.9. The number of furan rings is 1. The molecule has 1 aromatic carbocycles. The molecule has 22 heavy (non-hydrogen) atoms. The van der Waals surface area contributed by atoms with E-state index in [2.05, 4.69) is 4.99 Å². The van der Waals surface area contributed by atoms with Crippen molar-refractivity contribution in [3.05, 3.63) is 52.5 Å². The smallest absolute Gasteiger partial charge is 0.271 e. The molecule has 7 heteroatoms. The van der Waals surface area contributed by atoms with Crippen molar-refractivity contribution in [3.8, 4) is 0 Å². The van der Waals surface area contributed by atoms with Gasteiger partial charge >= 0.3 is 0 Å². The number of carbonyl (C=O) groups is 1. The van der Waals surface area contributed by atoms with Crippen LogP contribution in [0.15, 0.2) is 46.0 Å². The van der Waals surface area contributed by atoms with Crippen molar-refractivity contribution in [1.82, 2.24) is 0 Å². The van der Waals surface area contributed by atoms with Crippen LogP contribution in [0.5, 0.6) is 0 Å². The fraction of sp³-hybridized carbons (Fsp3) is 0.200. The number of nitro benzene ring substituents is 1. The quantitative estimate of drug-likeness (QED) is 0.643. The number of aliphatic imine (C=N–C) groups is 1. The van der Waals surface area contributed by atoms with E-state index in [-0.39, 0.29) is 18.0 Å². The third kappa shape index (κ3) is 2.37. The van der Waals surface area contributed by atoms with Gasteiger partial charge in [-0.1, -0.05) is 0 Å². The summed E-state index contributed by atoms with van der Waals surface area (Å²) >= 11 is 0. The van der Waals surface area contributed by atoms with E-state index >= 15 is 0 Å². The summed E-state index contributed by atoms with van der Waals surface area (Å²) in [6, 6.07) is 7.73. The van der Waals surface area contributed by atoms with Crippen LogP contribution in [-0.2, 0) is 4.79 Å².